The smallest absolute Gasteiger partial charge is 0.252 e. The first-order valence-corrected chi connectivity index (χ1v) is 5.99. The summed E-state index contributed by atoms with van der Waals surface area (Å²) in [6.07, 6.45) is -1.41. The topological polar surface area (TPSA) is 88.3 Å². The summed E-state index contributed by atoms with van der Waals surface area (Å²) in [4.78, 5) is 3.45. The van der Waals surface area contributed by atoms with Gasteiger partial charge in [0.2, 0.25) is 10.0 Å². The molecule has 1 rings (SSSR count). The molecule has 0 bridgehead atoms. The lowest BCUT2D eigenvalue weighted by Gasteiger charge is -2.17. The molecule has 0 spiro atoms. The lowest BCUT2D eigenvalue weighted by atomic mass is 10.5. The SMILES string of the molecule is CN(CC(F)F)S(=O)(=O)c1cccnc1NN. The van der Waals surface area contributed by atoms with Gasteiger partial charge in [0.15, 0.2) is 5.82 Å². The maximum Gasteiger partial charge on any atom is 0.252 e. The molecule has 0 aliphatic rings. The first-order valence-electron chi connectivity index (χ1n) is 4.55. The summed E-state index contributed by atoms with van der Waals surface area (Å²) in [5.41, 5.74) is 2.11. The molecule has 96 valence electrons. The van der Waals surface area contributed by atoms with Crippen LogP contribution in [0.5, 0.6) is 0 Å². The molecule has 0 aromatic carbocycles. The highest BCUT2D eigenvalue weighted by atomic mass is 32.2. The van der Waals surface area contributed by atoms with E-state index in [2.05, 4.69) is 10.4 Å². The van der Waals surface area contributed by atoms with Gasteiger partial charge in [-0.2, -0.15) is 4.31 Å². The molecule has 17 heavy (non-hydrogen) atoms. The lowest BCUT2D eigenvalue weighted by Crippen LogP contribution is -2.32. The Morgan fingerprint density at radius 2 is 2.24 bits per heavy atom. The van der Waals surface area contributed by atoms with Gasteiger partial charge in [0.05, 0.1) is 6.54 Å². The second-order valence-electron chi connectivity index (χ2n) is 3.17. The zero-order valence-corrected chi connectivity index (χ0v) is 9.79. The van der Waals surface area contributed by atoms with Gasteiger partial charge in [0, 0.05) is 13.2 Å². The maximum atomic E-state index is 12.2. The van der Waals surface area contributed by atoms with Gasteiger partial charge in [-0.1, -0.05) is 0 Å². The number of rotatable bonds is 5. The number of aromatic nitrogens is 1. The number of alkyl halides is 2. The average molecular weight is 266 g/mol. The Balaban J connectivity index is 3.13. The van der Waals surface area contributed by atoms with Gasteiger partial charge in [0.1, 0.15) is 4.90 Å². The van der Waals surface area contributed by atoms with Crippen molar-refractivity contribution in [2.24, 2.45) is 5.84 Å². The number of sulfonamides is 1. The third kappa shape index (κ3) is 3.08. The van der Waals surface area contributed by atoms with Crippen LogP contribution in [0, 0.1) is 0 Å². The standard InChI is InChI=1S/C8H12F2N4O2S/c1-14(5-7(9)10)17(15,16)6-3-2-4-12-8(6)13-11/h2-4,7H,5,11H2,1H3,(H,12,13). The van der Waals surface area contributed by atoms with Crippen molar-refractivity contribution < 1.29 is 17.2 Å². The van der Waals surface area contributed by atoms with Crippen LogP contribution in [0.2, 0.25) is 0 Å². The molecule has 0 fully saturated rings. The minimum atomic E-state index is -4.03. The molecule has 0 aliphatic carbocycles. The number of nitrogen functional groups attached to an aromatic ring is 1. The molecule has 0 atom stereocenters. The van der Waals surface area contributed by atoms with Gasteiger partial charge >= 0.3 is 0 Å². The Morgan fingerprint density at radius 1 is 1.59 bits per heavy atom. The highest BCUT2D eigenvalue weighted by Gasteiger charge is 2.26. The first kappa shape index (κ1) is 13.7. The second kappa shape index (κ2) is 5.34. The monoisotopic (exact) mass is 266 g/mol. The molecule has 0 aliphatic heterocycles. The van der Waals surface area contributed by atoms with Crippen molar-refractivity contribution in [2.45, 2.75) is 11.3 Å². The summed E-state index contributed by atoms with van der Waals surface area (Å²) >= 11 is 0. The molecule has 6 nitrogen and oxygen atoms in total. The van der Waals surface area contributed by atoms with E-state index in [0.29, 0.717) is 4.31 Å². The Labute approximate surface area is 97.5 Å². The average Bonchev–Trinajstić information content (AvgIpc) is 2.28. The van der Waals surface area contributed by atoms with E-state index in [-0.39, 0.29) is 10.7 Å². The number of nitrogens with two attached hydrogens (primary N) is 1. The van der Waals surface area contributed by atoms with Crippen LogP contribution in [-0.4, -0.2) is 37.7 Å². The van der Waals surface area contributed by atoms with Gasteiger partial charge < -0.3 is 5.43 Å². The number of hydrogen-bond acceptors (Lipinski definition) is 5. The predicted octanol–water partition coefficient (Wildman–Crippen LogP) is 0.253. The summed E-state index contributed by atoms with van der Waals surface area (Å²) in [6, 6.07) is 2.61. The first-order chi connectivity index (χ1) is 7.89. The molecular weight excluding hydrogens is 254 g/mol. The summed E-state index contributed by atoms with van der Waals surface area (Å²) in [6.45, 7) is -0.888. The minimum absolute atomic E-state index is 0.0892. The van der Waals surface area contributed by atoms with E-state index in [1.807, 2.05) is 0 Å². The second-order valence-corrected chi connectivity index (χ2v) is 5.18. The summed E-state index contributed by atoms with van der Waals surface area (Å²) in [7, 11) is -2.96. The summed E-state index contributed by atoms with van der Waals surface area (Å²) in [5.74, 6) is 5.02. The highest BCUT2D eigenvalue weighted by molar-refractivity contribution is 7.89. The van der Waals surface area contributed by atoms with Crippen molar-refractivity contribution in [3.8, 4) is 0 Å². The van der Waals surface area contributed by atoms with Crippen LogP contribution in [-0.2, 0) is 10.0 Å². The quantitative estimate of drug-likeness (QED) is 0.589. The van der Waals surface area contributed by atoms with E-state index >= 15 is 0 Å². The number of nitrogens with zero attached hydrogens (tertiary/aromatic N) is 2. The number of halogens is 2. The van der Waals surface area contributed by atoms with Crippen molar-refractivity contribution in [3.63, 3.8) is 0 Å². The third-order valence-electron chi connectivity index (χ3n) is 1.99. The van der Waals surface area contributed by atoms with E-state index in [4.69, 9.17) is 5.84 Å². The zero-order chi connectivity index (χ0) is 13.1. The van der Waals surface area contributed by atoms with Crippen LogP contribution in [0.1, 0.15) is 0 Å². The molecule has 0 saturated heterocycles. The van der Waals surface area contributed by atoms with Gasteiger partial charge in [-0.25, -0.2) is 28.0 Å². The molecule has 0 amide bonds. The number of anilines is 1. The van der Waals surface area contributed by atoms with Crippen LogP contribution in [0.3, 0.4) is 0 Å². The Hall–Kier alpha value is -1.32. The third-order valence-corrected chi connectivity index (χ3v) is 3.85. The normalized spacial score (nSPS) is 12.1. The molecule has 0 radical (unpaired) electrons. The predicted molar refractivity (Wildman–Crippen MR) is 57.9 cm³/mol. The fourth-order valence-electron chi connectivity index (χ4n) is 1.17. The molecule has 1 heterocycles. The van der Waals surface area contributed by atoms with E-state index in [1.54, 1.807) is 0 Å². The Bertz CT molecular complexity index is 480. The molecule has 0 saturated carbocycles. The van der Waals surface area contributed by atoms with Crippen LogP contribution in [0.4, 0.5) is 14.6 Å². The van der Waals surface area contributed by atoms with E-state index in [1.165, 1.54) is 18.3 Å². The summed E-state index contributed by atoms with van der Waals surface area (Å²) in [5, 5.41) is 0. The molecule has 1 aromatic heterocycles. The Kier molecular flexibility index (Phi) is 4.32. The van der Waals surface area contributed by atoms with Gasteiger partial charge in [0.25, 0.3) is 6.43 Å². The largest absolute Gasteiger partial charge is 0.307 e. The number of hydrogen-bond donors (Lipinski definition) is 2. The fraction of sp³-hybridized carbons (Fsp3) is 0.375. The van der Waals surface area contributed by atoms with Crippen LogP contribution < -0.4 is 11.3 Å². The molecule has 0 unspecified atom stereocenters. The maximum absolute atomic E-state index is 12.2. The van der Waals surface area contributed by atoms with Crippen molar-refractivity contribution in [1.82, 2.24) is 9.29 Å². The van der Waals surface area contributed by atoms with Crippen molar-refractivity contribution in [3.05, 3.63) is 18.3 Å². The van der Waals surface area contributed by atoms with Crippen LogP contribution >= 0.6 is 0 Å². The fourth-order valence-corrected chi connectivity index (χ4v) is 2.42. The molecule has 1 aromatic rings. The number of pyridine rings is 1. The summed E-state index contributed by atoms with van der Waals surface area (Å²) < 4.78 is 48.7. The van der Waals surface area contributed by atoms with Crippen molar-refractivity contribution in [1.29, 1.82) is 0 Å². The molecule has 9 heteroatoms. The minimum Gasteiger partial charge on any atom is -0.307 e. The van der Waals surface area contributed by atoms with E-state index in [9.17, 15) is 17.2 Å². The van der Waals surface area contributed by atoms with E-state index < -0.39 is 23.0 Å². The number of hydrazine groups is 1. The highest BCUT2D eigenvalue weighted by Crippen LogP contribution is 2.21. The lowest BCUT2D eigenvalue weighted by molar-refractivity contribution is 0.126. The van der Waals surface area contributed by atoms with Gasteiger partial charge in [-0.05, 0) is 12.1 Å². The van der Waals surface area contributed by atoms with Gasteiger partial charge in [-0.3, -0.25) is 0 Å². The van der Waals surface area contributed by atoms with Crippen molar-refractivity contribution >= 4 is 15.8 Å². The zero-order valence-electron chi connectivity index (χ0n) is 8.97. The van der Waals surface area contributed by atoms with E-state index in [0.717, 1.165) is 7.05 Å². The van der Waals surface area contributed by atoms with Crippen LogP contribution in [0.25, 0.3) is 0 Å². The Morgan fingerprint density at radius 3 is 2.76 bits per heavy atom. The van der Waals surface area contributed by atoms with Crippen LogP contribution in [0.15, 0.2) is 23.2 Å². The van der Waals surface area contributed by atoms with Gasteiger partial charge in [-0.15, -0.1) is 0 Å². The number of nitrogens with one attached hydrogen (secondary N) is 1. The molecule has 3 N–H and O–H groups in total. The molecular formula is C8H12F2N4O2S. The van der Waals surface area contributed by atoms with Crippen molar-refractivity contribution in [2.75, 3.05) is 19.0 Å².